The number of carbonyl (C=O) groups excluding carboxylic acids is 1. The van der Waals surface area contributed by atoms with Crippen molar-refractivity contribution in [2.24, 2.45) is 0 Å². The quantitative estimate of drug-likeness (QED) is 0.299. The predicted molar refractivity (Wildman–Crippen MR) is 67.7 cm³/mol. The molecule has 0 fully saturated rings. The maximum absolute atomic E-state index is 11.7. The summed E-state index contributed by atoms with van der Waals surface area (Å²) < 4.78 is 22.1. The molecule has 106 valence electrons. The van der Waals surface area contributed by atoms with Gasteiger partial charge in [0.05, 0.1) is 0 Å². The van der Waals surface area contributed by atoms with Gasteiger partial charge in [-0.2, -0.15) is 0 Å². The van der Waals surface area contributed by atoms with Gasteiger partial charge in [-0.1, -0.05) is 0 Å². The fourth-order valence-electron chi connectivity index (χ4n) is 1.39. The number of hydrogen-bond acceptors (Lipinski definition) is 4. The third-order valence-electron chi connectivity index (χ3n) is 2.38. The number of ketones is 1. The van der Waals surface area contributed by atoms with Crippen LogP contribution in [0.5, 0.6) is 0 Å². The molecule has 0 atom stereocenters. The lowest BCUT2D eigenvalue weighted by Gasteiger charge is -2.18. The summed E-state index contributed by atoms with van der Waals surface area (Å²) in [6.45, 7) is 0. The van der Waals surface area contributed by atoms with E-state index >= 15 is 0 Å². The van der Waals surface area contributed by atoms with Crippen LogP contribution in [0.25, 0.3) is 0 Å². The summed E-state index contributed by atoms with van der Waals surface area (Å²) in [6, 6.07) is 5.43. The minimum atomic E-state index is -5.09. The van der Waals surface area contributed by atoms with Crippen molar-refractivity contribution in [2.75, 3.05) is 5.73 Å². The van der Waals surface area contributed by atoms with Crippen molar-refractivity contribution in [3.05, 3.63) is 29.8 Å². The maximum Gasteiger partial charge on any atom is 0.341 e. The summed E-state index contributed by atoms with van der Waals surface area (Å²) in [4.78, 5) is 47.3. The molecule has 0 bridgehead atoms. The van der Waals surface area contributed by atoms with Crippen LogP contribution in [0.2, 0.25) is 0 Å². The molecule has 0 saturated carbocycles. The fourth-order valence-corrected chi connectivity index (χ4v) is 3.76. The number of anilines is 1. The monoisotopic (exact) mass is 309 g/mol. The standard InChI is InChI=1S/C9H13NO7P2/c10-7-3-1-6(2-4-7)8(11)5-9(18(12,13)14)19(15,16)17/h1-4,9H,5,10H2,(H2,12,13,14)(H2,15,16,17). The summed E-state index contributed by atoms with van der Waals surface area (Å²) in [5.41, 5.74) is 5.86. The number of carbonyl (C=O) groups is 1. The van der Waals surface area contributed by atoms with Crippen LogP contribution in [0.3, 0.4) is 0 Å². The van der Waals surface area contributed by atoms with Gasteiger partial charge in [-0.3, -0.25) is 13.9 Å². The largest absolute Gasteiger partial charge is 0.399 e. The topological polar surface area (TPSA) is 158 Å². The highest BCUT2D eigenvalue weighted by atomic mass is 31.2. The van der Waals surface area contributed by atoms with Gasteiger partial charge in [0, 0.05) is 17.7 Å². The van der Waals surface area contributed by atoms with E-state index in [9.17, 15) is 13.9 Å². The van der Waals surface area contributed by atoms with E-state index in [-0.39, 0.29) is 5.56 Å². The van der Waals surface area contributed by atoms with E-state index in [1.807, 2.05) is 0 Å². The third kappa shape index (κ3) is 4.54. The van der Waals surface area contributed by atoms with Crippen LogP contribution in [0.4, 0.5) is 5.69 Å². The zero-order chi connectivity index (χ0) is 14.8. The molecule has 1 aromatic rings. The Balaban J connectivity index is 2.99. The van der Waals surface area contributed by atoms with Gasteiger partial charge in [0.2, 0.25) is 0 Å². The molecule has 19 heavy (non-hydrogen) atoms. The SMILES string of the molecule is Nc1ccc(C(=O)CC(P(=O)(O)O)P(=O)(O)O)cc1. The zero-order valence-corrected chi connectivity index (χ0v) is 11.4. The van der Waals surface area contributed by atoms with Gasteiger partial charge in [-0.05, 0) is 24.3 Å². The van der Waals surface area contributed by atoms with Crippen LogP contribution in [0.15, 0.2) is 24.3 Å². The second-order valence-electron chi connectivity index (χ2n) is 3.91. The molecule has 6 N–H and O–H groups in total. The Labute approximate surface area is 108 Å². The first-order valence-corrected chi connectivity index (χ1v) is 8.37. The van der Waals surface area contributed by atoms with Crippen molar-refractivity contribution in [3.63, 3.8) is 0 Å². The number of benzene rings is 1. The first kappa shape index (κ1) is 16.0. The Hall–Kier alpha value is -1.01. The van der Waals surface area contributed by atoms with Crippen molar-refractivity contribution in [1.82, 2.24) is 0 Å². The van der Waals surface area contributed by atoms with Gasteiger partial charge < -0.3 is 25.3 Å². The summed E-state index contributed by atoms with van der Waals surface area (Å²) in [5, 5.41) is -2.33. The van der Waals surface area contributed by atoms with E-state index in [0.29, 0.717) is 5.69 Å². The maximum atomic E-state index is 11.7. The molecule has 0 radical (unpaired) electrons. The van der Waals surface area contributed by atoms with Gasteiger partial charge in [-0.15, -0.1) is 0 Å². The van der Waals surface area contributed by atoms with Crippen molar-refractivity contribution < 1.29 is 33.5 Å². The minimum absolute atomic E-state index is 0.0705. The van der Waals surface area contributed by atoms with E-state index in [0.717, 1.165) is 0 Å². The van der Waals surface area contributed by atoms with E-state index in [2.05, 4.69) is 0 Å². The summed E-state index contributed by atoms with van der Waals surface area (Å²) in [7, 11) is -10.2. The average Bonchev–Trinajstić information content (AvgIpc) is 2.23. The normalized spacial score (nSPS) is 12.7. The zero-order valence-electron chi connectivity index (χ0n) is 9.58. The molecule has 0 spiro atoms. The first-order chi connectivity index (χ1) is 8.51. The Bertz CT molecular complexity index is 536. The highest BCUT2D eigenvalue weighted by Gasteiger charge is 2.44. The number of rotatable bonds is 5. The Morgan fingerprint density at radius 2 is 1.47 bits per heavy atom. The van der Waals surface area contributed by atoms with Crippen molar-refractivity contribution in [3.8, 4) is 0 Å². The molecule has 0 aliphatic rings. The number of Topliss-reactive ketones (excluding diaryl/α,β-unsaturated/α-hetero) is 1. The molecule has 0 heterocycles. The molecule has 1 aromatic carbocycles. The molecular formula is C9H13NO7P2. The molecule has 0 aliphatic heterocycles. The summed E-state index contributed by atoms with van der Waals surface area (Å²) in [6.07, 6.45) is -0.946. The summed E-state index contributed by atoms with van der Waals surface area (Å²) in [5.74, 6) is -0.781. The molecule has 0 unspecified atom stereocenters. The Kier molecular flexibility index (Phi) is 4.68. The van der Waals surface area contributed by atoms with Crippen molar-refractivity contribution >= 4 is 26.7 Å². The lowest BCUT2D eigenvalue weighted by molar-refractivity contribution is 0.0980. The second kappa shape index (κ2) is 5.54. The van der Waals surface area contributed by atoms with E-state index in [4.69, 9.17) is 25.3 Å². The van der Waals surface area contributed by atoms with Crippen molar-refractivity contribution in [1.29, 1.82) is 0 Å². The second-order valence-corrected chi connectivity index (χ2v) is 7.92. The average molecular weight is 309 g/mol. The minimum Gasteiger partial charge on any atom is -0.399 e. The highest BCUT2D eigenvalue weighted by molar-refractivity contribution is 7.70. The Morgan fingerprint density at radius 1 is 1.05 bits per heavy atom. The number of nitrogens with two attached hydrogens (primary N) is 1. The third-order valence-corrected chi connectivity index (χ3v) is 6.10. The Morgan fingerprint density at radius 3 is 1.84 bits per heavy atom. The van der Waals surface area contributed by atoms with Crippen LogP contribution >= 0.6 is 15.2 Å². The van der Waals surface area contributed by atoms with E-state index in [1.165, 1.54) is 24.3 Å². The fraction of sp³-hybridized carbons (Fsp3) is 0.222. The van der Waals surface area contributed by atoms with E-state index < -0.39 is 32.8 Å². The van der Waals surface area contributed by atoms with Gasteiger partial charge in [0.1, 0.15) is 0 Å². The van der Waals surface area contributed by atoms with Crippen LogP contribution in [0.1, 0.15) is 16.8 Å². The van der Waals surface area contributed by atoms with Crippen LogP contribution in [-0.2, 0) is 9.13 Å². The highest BCUT2D eigenvalue weighted by Crippen LogP contribution is 2.61. The molecule has 1 rings (SSSR count). The lowest BCUT2D eigenvalue weighted by atomic mass is 10.1. The van der Waals surface area contributed by atoms with Gasteiger partial charge in [0.15, 0.2) is 11.2 Å². The van der Waals surface area contributed by atoms with Crippen LogP contribution < -0.4 is 5.73 Å². The predicted octanol–water partition coefficient (Wildman–Crippen LogP) is 0.523. The first-order valence-electron chi connectivity index (χ1n) is 5.01. The molecular weight excluding hydrogens is 296 g/mol. The van der Waals surface area contributed by atoms with Crippen molar-refractivity contribution in [2.45, 2.75) is 11.8 Å². The molecule has 0 aliphatic carbocycles. The van der Waals surface area contributed by atoms with Crippen LogP contribution in [0, 0.1) is 0 Å². The molecule has 10 heteroatoms. The molecule has 0 saturated heterocycles. The van der Waals surface area contributed by atoms with Gasteiger partial charge in [-0.25, -0.2) is 0 Å². The van der Waals surface area contributed by atoms with Crippen LogP contribution in [-0.4, -0.2) is 30.8 Å². The van der Waals surface area contributed by atoms with E-state index in [1.54, 1.807) is 0 Å². The van der Waals surface area contributed by atoms with Gasteiger partial charge >= 0.3 is 15.2 Å². The number of hydrogen-bond donors (Lipinski definition) is 5. The molecule has 8 nitrogen and oxygen atoms in total. The van der Waals surface area contributed by atoms with Gasteiger partial charge in [0.25, 0.3) is 0 Å². The number of nitrogen functional groups attached to an aromatic ring is 1. The molecule has 0 aromatic heterocycles. The summed E-state index contributed by atoms with van der Waals surface area (Å²) >= 11 is 0. The molecule has 0 amide bonds. The smallest absolute Gasteiger partial charge is 0.341 e. The lowest BCUT2D eigenvalue weighted by Crippen LogP contribution is -2.15.